The molecule has 0 unspecified atom stereocenters. The second kappa shape index (κ2) is 2.27. The van der Waals surface area contributed by atoms with E-state index in [2.05, 4.69) is 10.9 Å². The molecule has 0 aliphatic carbocycles. The Balaban J connectivity index is 2.69. The molecule has 2 N–H and O–H groups in total. The Morgan fingerprint density at radius 3 is 2.78 bits per heavy atom. The van der Waals surface area contributed by atoms with Gasteiger partial charge in [-0.3, -0.25) is 15.6 Å². The Morgan fingerprint density at radius 2 is 2.33 bits per heavy atom. The van der Waals surface area contributed by atoms with Crippen LogP contribution in [0.1, 0.15) is 6.92 Å². The third-order valence-electron chi connectivity index (χ3n) is 1.12. The lowest BCUT2D eigenvalue weighted by Gasteiger charge is -2.15. The fourth-order valence-corrected chi connectivity index (χ4v) is 0.808. The highest BCUT2D eigenvalue weighted by molar-refractivity contribution is 6.29. The van der Waals surface area contributed by atoms with Crippen LogP contribution in [0.15, 0.2) is 11.2 Å². The van der Waals surface area contributed by atoms with E-state index in [9.17, 15) is 4.79 Å². The van der Waals surface area contributed by atoms with Gasteiger partial charge >= 0.3 is 0 Å². The van der Waals surface area contributed by atoms with E-state index in [1.165, 1.54) is 0 Å². The summed E-state index contributed by atoms with van der Waals surface area (Å²) in [5, 5.41) is 0.474. The highest BCUT2D eigenvalue weighted by Gasteiger charge is 2.14. The number of hydrazine groups is 1. The Labute approximate surface area is 58.0 Å². The summed E-state index contributed by atoms with van der Waals surface area (Å²) in [6, 6.07) is 0. The molecule has 0 radical (unpaired) electrons. The molecule has 0 spiro atoms. The summed E-state index contributed by atoms with van der Waals surface area (Å²) in [7, 11) is 0. The minimum Gasteiger partial charge on any atom is -0.288 e. The van der Waals surface area contributed by atoms with Crippen LogP contribution in [0.25, 0.3) is 0 Å². The highest BCUT2D eigenvalue weighted by atomic mass is 35.5. The minimum atomic E-state index is -0.126. The molecule has 3 nitrogen and oxygen atoms in total. The number of amides is 1. The Hall–Kier alpha value is -0.700. The number of halogens is 1. The fourth-order valence-electron chi connectivity index (χ4n) is 0.572. The SMILES string of the molecule is C[C@H]1C=C(Cl)NNC1=O. The summed E-state index contributed by atoms with van der Waals surface area (Å²) in [4.78, 5) is 10.7. The molecule has 1 amide bonds. The van der Waals surface area contributed by atoms with Gasteiger partial charge in [-0.1, -0.05) is 11.6 Å². The lowest BCUT2D eigenvalue weighted by atomic mass is 10.1. The van der Waals surface area contributed by atoms with Crippen molar-refractivity contribution in [2.45, 2.75) is 6.92 Å². The molecule has 1 heterocycles. The molecule has 0 saturated carbocycles. The van der Waals surface area contributed by atoms with Gasteiger partial charge in [-0.25, -0.2) is 0 Å². The van der Waals surface area contributed by atoms with Crippen LogP contribution in [0, 0.1) is 5.92 Å². The van der Waals surface area contributed by atoms with Gasteiger partial charge < -0.3 is 0 Å². The van der Waals surface area contributed by atoms with Crippen molar-refractivity contribution in [3.63, 3.8) is 0 Å². The zero-order valence-electron chi connectivity index (χ0n) is 4.94. The van der Waals surface area contributed by atoms with Crippen molar-refractivity contribution in [2.75, 3.05) is 0 Å². The van der Waals surface area contributed by atoms with Gasteiger partial charge in [-0.05, 0) is 13.0 Å². The van der Waals surface area contributed by atoms with Crippen molar-refractivity contribution in [2.24, 2.45) is 5.92 Å². The number of nitrogens with one attached hydrogen (secondary N) is 2. The second-order valence-electron chi connectivity index (χ2n) is 1.92. The van der Waals surface area contributed by atoms with Crippen LogP contribution in [-0.4, -0.2) is 5.91 Å². The van der Waals surface area contributed by atoms with Crippen LogP contribution >= 0.6 is 11.6 Å². The van der Waals surface area contributed by atoms with Crippen molar-refractivity contribution >= 4 is 17.5 Å². The molecule has 50 valence electrons. The van der Waals surface area contributed by atoms with Gasteiger partial charge in [-0.15, -0.1) is 0 Å². The van der Waals surface area contributed by atoms with Crippen LogP contribution in [0.4, 0.5) is 0 Å². The molecule has 1 aliphatic rings. The normalized spacial score (nSPS) is 26.2. The van der Waals surface area contributed by atoms with E-state index < -0.39 is 0 Å². The van der Waals surface area contributed by atoms with Crippen molar-refractivity contribution < 1.29 is 4.79 Å². The second-order valence-corrected chi connectivity index (χ2v) is 2.32. The van der Waals surface area contributed by atoms with Crippen molar-refractivity contribution in [3.05, 3.63) is 11.2 Å². The maximum absolute atomic E-state index is 10.7. The molecule has 0 bridgehead atoms. The van der Waals surface area contributed by atoms with Crippen LogP contribution in [0.5, 0.6) is 0 Å². The molecular formula is C5H7ClN2O. The topological polar surface area (TPSA) is 41.1 Å². The largest absolute Gasteiger partial charge is 0.288 e. The lowest BCUT2D eigenvalue weighted by molar-refractivity contribution is -0.124. The molecule has 0 aromatic heterocycles. The van der Waals surface area contributed by atoms with Crippen molar-refractivity contribution in [1.29, 1.82) is 0 Å². The zero-order valence-corrected chi connectivity index (χ0v) is 5.70. The summed E-state index contributed by atoms with van der Waals surface area (Å²) in [5.74, 6) is -0.182. The summed E-state index contributed by atoms with van der Waals surface area (Å²) < 4.78 is 0. The van der Waals surface area contributed by atoms with Crippen LogP contribution in [0.2, 0.25) is 0 Å². The van der Waals surface area contributed by atoms with Gasteiger partial charge in [0.2, 0.25) is 5.91 Å². The van der Waals surface area contributed by atoms with Crippen LogP contribution < -0.4 is 10.9 Å². The predicted molar refractivity (Wildman–Crippen MR) is 34.4 cm³/mol. The smallest absolute Gasteiger partial charge is 0.245 e. The van der Waals surface area contributed by atoms with E-state index in [1.54, 1.807) is 13.0 Å². The van der Waals surface area contributed by atoms with Gasteiger partial charge in [0.15, 0.2) is 0 Å². The van der Waals surface area contributed by atoms with E-state index in [4.69, 9.17) is 11.6 Å². The maximum atomic E-state index is 10.7. The summed E-state index contributed by atoms with van der Waals surface area (Å²) >= 11 is 5.51. The molecule has 9 heavy (non-hydrogen) atoms. The Bertz CT molecular complexity index is 166. The Morgan fingerprint density at radius 1 is 1.67 bits per heavy atom. The molecule has 1 aliphatic heterocycles. The van der Waals surface area contributed by atoms with Gasteiger partial charge in [0, 0.05) is 0 Å². The van der Waals surface area contributed by atoms with Crippen molar-refractivity contribution in [1.82, 2.24) is 10.9 Å². The molecule has 1 atom stereocenters. The first kappa shape index (κ1) is 6.42. The fraction of sp³-hybridized carbons (Fsp3) is 0.400. The number of hydrogen-bond acceptors (Lipinski definition) is 2. The lowest BCUT2D eigenvalue weighted by Crippen LogP contribution is -2.42. The van der Waals surface area contributed by atoms with Crippen LogP contribution in [0.3, 0.4) is 0 Å². The highest BCUT2D eigenvalue weighted by Crippen LogP contribution is 2.07. The van der Waals surface area contributed by atoms with Gasteiger partial charge in [0.1, 0.15) is 5.16 Å². The molecule has 0 aromatic carbocycles. The molecule has 4 heteroatoms. The zero-order chi connectivity index (χ0) is 6.85. The van der Waals surface area contributed by atoms with Gasteiger partial charge in [-0.2, -0.15) is 0 Å². The number of hydrogen-bond donors (Lipinski definition) is 2. The van der Waals surface area contributed by atoms with E-state index >= 15 is 0 Å². The summed E-state index contributed by atoms with van der Waals surface area (Å²) in [6.07, 6.45) is 1.65. The van der Waals surface area contributed by atoms with E-state index in [0.29, 0.717) is 5.16 Å². The summed E-state index contributed by atoms with van der Waals surface area (Å²) in [5.41, 5.74) is 4.88. The van der Waals surface area contributed by atoms with Crippen molar-refractivity contribution in [3.8, 4) is 0 Å². The Kier molecular flexibility index (Phi) is 1.62. The number of carbonyl (C=O) groups excluding carboxylic acids is 1. The molecule has 1 rings (SSSR count). The minimum absolute atomic E-state index is 0.0561. The number of rotatable bonds is 0. The van der Waals surface area contributed by atoms with E-state index in [0.717, 1.165) is 0 Å². The maximum Gasteiger partial charge on any atom is 0.245 e. The van der Waals surface area contributed by atoms with Crippen LogP contribution in [-0.2, 0) is 4.79 Å². The predicted octanol–water partition coefficient (Wildman–Crippen LogP) is 0.337. The molecular weight excluding hydrogens is 140 g/mol. The average molecular weight is 147 g/mol. The average Bonchev–Trinajstić information content (AvgIpc) is 1.80. The summed E-state index contributed by atoms with van der Waals surface area (Å²) in [6.45, 7) is 1.78. The van der Waals surface area contributed by atoms with Gasteiger partial charge in [0.05, 0.1) is 5.92 Å². The first-order valence-corrected chi connectivity index (χ1v) is 3.01. The number of carbonyl (C=O) groups is 1. The molecule has 0 saturated heterocycles. The van der Waals surface area contributed by atoms with E-state index in [-0.39, 0.29) is 11.8 Å². The standard InChI is InChI=1S/C5H7ClN2O/c1-3-2-4(6)7-8-5(3)9/h2-3,7H,1H3,(H,8,9)/t3-/m0/s1. The molecule has 0 fully saturated rings. The third kappa shape index (κ3) is 1.36. The first-order valence-electron chi connectivity index (χ1n) is 2.63. The van der Waals surface area contributed by atoms with Gasteiger partial charge in [0.25, 0.3) is 0 Å². The monoisotopic (exact) mass is 146 g/mol. The third-order valence-corrected chi connectivity index (χ3v) is 1.34. The first-order chi connectivity index (χ1) is 4.20. The van der Waals surface area contributed by atoms with E-state index in [1.807, 2.05) is 0 Å². The molecule has 0 aromatic rings. The quantitative estimate of drug-likeness (QED) is 0.484.